The fourth-order valence-corrected chi connectivity index (χ4v) is 1.95. The maximum absolute atomic E-state index is 13.2. The second kappa shape index (κ2) is 6.78. The molecule has 1 aromatic carbocycles. The fourth-order valence-electron chi connectivity index (χ4n) is 1.19. The largest absolute Gasteiger partial charge is 0.202 e. The molecule has 18 heavy (non-hydrogen) atoms. The van der Waals surface area contributed by atoms with E-state index in [4.69, 9.17) is 0 Å². The fraction of sp³-hybridized carbons (Fsp3) is 0.333. The number of halogens is 5. The third kappa shape index (κ3) is 3.25. The van der Waals surface area contributed by atoms with Crippen LogP contribution in [0, 0.1) is 29.1 Å². The molecular weight excluding hydrogens is 271 g/mol. The van der Waals surface area contributed by atoms with Gasteiger partial charge >= 0.3 is 0 Å². The molecule has 0 radical (unpaired) electrons. The van der Waals surface area contributed by atoms with Crippen molar-refractivity contribution < 1.29 is 22.0 Å². The molecule has 0 bridgehead atoms. The van der Waals surface area contributed by atoms with Gasteiger partial charge in [-0.1, -0.05) is 37.6 Å². The van der Waals surface area contributed by atoms with Crippen LogP contribution < -0.4 is 0 Å². The predicted octanol–water partition coefficient (Wildman–Crippen LogP) is 5.18. The Labute approximate surface area is 106 Å². The molecule has 0 N–H and O–H groups in total. The van der Waals surface area contributed by atoms with Gasteiger partial charge in [-0.2, -0.15) is 0 Å². The third-order valence-electron chi connectivity index (χ3n) is 2.18. The summed E-state index contributed by atoms with van der Waals surface area (Å²) in [5.41, 5.74) is 0. The van der Waals surface area contributed by atoms with Crippen LogP contribution in [-0.2, 0) is 0 Å². The van der Waals surface area contributed by atoms with Crippen molar-refractivity contribution >= 4 is 11.8 Å². The van der Waals surface area contributed by atoms with E-state index in [1.54, 1.807) is 6.08 Å². The van der Waals surface area contributed by atoms with Crippen LogP contribution in [0.25, 0.3) is 0 Å². The average molecular weight is 282 g/mol. The number of allylic oxidation sites excluding steroid dienone is 1. The summed E-state index contributed by atoms with van der Waals surface area (Å²) in [6, 6.07) is 0. The van der Waals surface area contributed by atoms with Crippen molar-refractivity contribution in [1.29, 1.82) is 0 Å². The van der Waals surface area contributed by atoms with E-state index in [1.165, 1.54) is 5.41 Å². The molecule has 0 spiro atoms. The van der Waals surface area contributed by atoms with E-state index < -0.39 is 34.0 Å². The standard InChI is InChI=1S/C12H11F5S/c1-2-3-4-5-6-18-12-10(16)8(14)7(13)9(15)11(12)17/h5-6H,2-4H2,1H3/b6-5+. The summed E-state index contributed by atoms with van der Waals surface area (Å²) in [7, 11) is 0. The summed E-state index contributed by atoms with van der Waals surface area (Å²) in [4.78, 5) is -0.876. The maximum Gasteiger partial charge on any atom is 0.200 e. The summed E-state index contributed by atoms with van der Waals surface area (Å²) < 4.78 is 64.8. The van der Waals surface area contributed by atoms with Gasteiger partial charge in [-0.05, 0) is 11.8 Å². The van der Waals surface area contributed by atoms with Gasteiger partial charge in [-0.3, -0.25) is 0 Å². The molecule has 0 unspecified atom stereocenters. The van der Waals surface area contributed by atoms with Crippen molar-refractivity contribution in [1.82, 2.24) is 0 Å². The zero-order valence-corrected chi connectivity index (χ0v) is 10.4. The van der Waals surface area contributed by atoms with Gasteiger partial charge in [0, 0.05) is 0 Å². The second-order valence-electron chi connectivity index (χ2n) is 3.53. The highest BCUT2D eigenvalue weighted by atomic mass is 32.2. The molecule has 100 valence electrons. The van der Waals surface area contributed by atoms with E-state index in [9.17, 15) is 22.0 Å². The smallest absolute Gasteiger partial charge is 0.200 e. The number of hydrogen-bond acceptors (Lipinski definition) is 1. The van der Waals surface area contributed by atoms with Crippen LogP contribution in [0.3, 0.4) is 0 Å². The normalized spacial score (nSPS) is 11.4. The number of hydrogen-bond donors (Lipinski definition) is 0. The molecule has 0 fully saturated rings. The van der Waals surface area contributed by atoms with Crippen molar-refractivity contribution in [2.75, 3.05) is 0 Å². The minimum atomic E-state index is -2.13. The van der Waals surface area contributed by atoms with E-state index in [-0.39, 0.29) is 0 Å². The molecule has 0 aliphatic rings. The first-order chi connectivity index (χ1) is 8.50. The van der Waals surface area contributed by atoms with Crippen LogP contribution in [0.5, 0.6) is 0 Å². The molecule has 6 heteroatoms. The quantitative estimate of drug-likeness (QED) is 0.236. The molecule has 0 saturated carbocycles. The highest BCUT2D eigenvalue weighted by molar-refractivity contribution is 8.02. The van der Waals surface area contributed by atoms with Crippen molar-refractivity contribution in [2.24, 2.45) is 0 Å². The van der Waals surface area contributed by atoms with Gasteiger partial charge in [0.15, 0.2) is 23.3 Å². The Morgan fingerprint density at radius 3 is 1.89 bits per heavy atom. The topological polar surface area (TPSA) is 0 Å². The highest BCUT2D eigenvalue weighted by Crippen LogP contribution is 2.31. The van der Waals surface area contributed by atoms with Crippen LogP contribution in [0.15, 0.2) is 16.4 Å². The second-order valence-corrected chi connectivity index (χ2v) is 4.45. The van der Waals surface area contributed by atoms with Gasteiger partial charge in [-0.25, -0.2) is 22.0 Å². The van der Waals surface area contributed by atoms with Gasteiger partial charge in [0.1, 0.15) is 0 Å². The van der Waals surface area contributed by atoms with Crippen LogP contribution >= 0.6 is 11.8 Å². The third-order valence-corrected chi connectivity index (χ3v) is 3.10. The van der Waals surface area contributed by atoms with Crippen molar-refractivity contribution in [3.63, 3.8) is 0 Å². The summed E-state index contributed by atoms with van der Waals surface area (Å²) in [6.07, 6.45) is 4.18. The molecular formula is C12H11F5S. The SMILES string of the molecule is CCCC/C=C/Sc1c(F)c(F)c(F)c(F)c1F. The zero-order valence-electron chi connectivity index (χ0n) is 9.57. The summed E-state index contributed by atoms with van der Waals surface area (Å²) in [5, 5.41) is 1.33. The highest BCUT2D eigenvalue weighted by Gasteiger charge is 2.25. The number of benzene rings is 1. The lowest BCUT2D eigenvalue weighted by Gasteiger charge is -2.05. The Kier molecular flexibility index (Phi) is 5.65. The lowest BCUT2D eigenvalue weighted by Crippen LogP contribution is -2.02. The Morgan fingerprint density at radius 1 is 0.889 bits per heavy atom. The number of thioether (sulfide) groups is 1. The average Bonchev–Trinajstić information content (AvgIpc) is 2.37. The van der Waals surface area contributed by atoms with Gasteiger partial charge in [0.25, 0.3) is 0 Å². The van der Waals surface area contributed by atoms with Crippen LogP contribution in [0.1, 0.15) is 26.2 Å². The Bertz CT molecular complexity index is 427. The Morgan fingerprint density at radius 2 is 1.39 bits per heavy atom. The molecule has 0 aromatic heterocycles. The summed E-state index contributed by atoms with van der Waals surface area (Å²) in [5.74, 6) is -9.56. The zero-order chi connectivity index (χ0) is 13.7. The van der Waals surface area contributed by atoms with Gasteiger partial charge in [0.2, 0.25) is 5.82 Å². The lowest BCUT2D eigenvalue weighted by atomic mass is 10.2. The molecule has 0 heterocycles. The Hall–Kier alpha value is -1.04. The molecule has 0 saturated heterocycles. The van der Waals surface area contributed by atoms with Crippen LogP contribution in [0.4, 0.5) is 22.0 Å². The first-order valence-electron chi connectivity index (χ1n) is 5.33. The lowest BCUT2D eigenvalue weighted by molar-refractivity contribution is 0.361. The van der Waals surface area contributed by atoms with E-state index in [0.717, 1.165) is 12.8 Å². The summed E-state index contributed by atoms with van der Waals surface area (Å²) >= 11 is 0.484. The van der Waals surface area contributed by atoms with Crippen molar-refractivity contribution in [2.45, 2.75) is 31.1 Å². The van der Waals surface area contributed by atoms with E-state index in [1.807, 2.05) is 6.92 Å². The summed E-state index contributed by atoms with van der Waals surface area (Å²) in [6.45, 7) is 1.98. The Balaban J connectivity index is 2.93. The molecule has 0 aliphatic heterocycles. The van der Waals surface area contributed by atoms with Gasteiger partial charge in [-0.15, -0.1) is 0 Å². The minimum Gasteiger partial charge on any atom is -0.202 e. The van der Waals surface area contributed by atoms with E-state index in [2.05, 4.69) is 0 Å². The van der Waals surface area contributed by atoms with Crippen molar-refractivity contribution in [3.8, 4) is 0 Å². The van der Waals surface area contributed by atoms with Crippen LogP contribution in [0.2, 0.25) is 0 Å². The van der Waals surface area contributed by atoms with Crippen LogP contribution in [-0.4, -0.2) is 0 Å². The van der Waals surface area contributed by atoms with Gasteiger partial charge < -0.3 is 0 Å². The van der Waals surface area contributed by atoms with E-state index >= 15 is 0 Å². The molecule has 0 aliphatic carbocycles. The van der Waals surface area contributed by atoms with Gasteiger partial charge in [0.05, 0.1) is 4.90 Å². The maximum atomic E-state index is 13.2. The predicted molar refractivity (Wildman–Crippen MR) is 60.8 cm³/mol. The molecule has 0 atom stereocenters. The molecule has 1 rings (SSSR count). The number of unbranched alkanes of at least 4 members (excludes halogenated alkanes) is 2. The molecule has 0 amide bonds. The van der Waals surface area contributed by atoms with Crippen molar-refractivity contribution in [3.05, 3.63) is 40.6 Å². The molecule has 1 aromatic rings. The minimum absolute atomic E-state index is 0.484. The monoisotopic (exact) mass is 282 g/mol. The van der Waals surface area contributed by atoms with E-state index in [0.29, 0.717) is 18.2 Å². The first kappa shape index (κ1) is 15.0. The number of rotatable bonds is 5. The molecule has 0 nitrogen and oxygen atoms in total. The first-order valence-corrected chi connectivity index (χ1v) is 6.21.